The highest BCUT2D eigenvalue weighted by molar-refractivity contribution is 5.87. The number of rotatable bonds is 7. The van der Waals surface area contributed by atoms with Crippen LogP contribution in [0.4, 0.5) is 13.2 Å². The SMILES string of the molecule is O=C(O)CC(NC(=O)COCC(F)(F)F)C(=O)O. The monoisotopic (exact) mass is 273 g/mol. The number of hydrogen-bond donors (Lipinski definition) is 3. The summed E-state index contributed by atoms with van der Waals surface area (Å²) in [6.07, 6.45) is -5.49. The molecule has 0 fully saturated rings. The van der Waals surface area contributed by atoms with Gasteiger partial charge in [-0.15, -0.1) is 0 Å². The number of carbonyl (C=O) groups excluding carboxylic acids is 1. The Labute approximate surface area is 98.5 Å². The molecule has 7 nitrogen and oxygen atoms in total. The van der Waals surface area contributed by atoms with Crippen molar-refractivity contribution in [1.29, 1.82) is 0 Å². The third-order valence-electron chi connectivity index (χ3n) is 1.51. The molecule has 104 valence electrons. The molecule has 0 aromatic heterocycles. The minimum Gasteiger partial charge on any atom is -0.481 e. The van der Waals surface area contributed by atoms with Crippen LogP contribution in [0, 0.1) is 0 Å². The fourth-order valence-electron chi connectivity index (χ4n) is 0.870. The molecule has 18 heavy (non-hydrogen) atoms. The Bertz CT molecular complexity index is 329. The van der Waals surface area contributed by atoms with Gasteiger partial charge in [0.1, 0.15) is 19.3 Å². The number of carboxylic acids is 2. The summed E-state index contributed by atoms with van der Waals surface area (Å²) in [7, 11) is 0. The van der Waals surface area contributed by atoms with E-state index < -0.39 is 49.7 Å². The van der Waals surface area contributed by atoms with E-state index in [0.717, 1.165) is 0 Å². The van der Waals surface area contributed by atoms with E-state index >= 15 is 0 Å². The standard InChI is InChI=1S/C8H10F3NO6/c9-8(10,11)3-18-2-5(13)12-4(7(16)17)1-6(14)15/h4H,1-3H2,(H,12,13)(H,14,15)(H,16,17). The average molecular weight is 273 g/mol. The van der Waals surface area contributed by atoms with Crippen LogP contribution in [0.1, 0.15) is 6.42 Å². The lowest BCUT2D eigenvalue weighted by molar-refractivity contribution is -0.176. The number of carboxylic acid groups (broad SMARTS) is 2. The van der Waals surface area contributed by atoms with E-state index in [2.05, 4.69) is 4.74 Å². The maximum Gasteiger partial charge on any atom is 0.411 e. The Hall–Kier alpha value is -1.84. The summed E-state index contributed by atoms with van der Waals surface area (Å²) in [5, 5.41) is 18.6. The quantitative estimate of drug-likeness (QED) is 0.582. The molecule has 0 aliphatic carbocycles. The molecule has 1 unspecified atom stereocenters. The topological polar surface area (TPSA) is 113 Å². The first-order valence-electron chi connectivity index (χ1n) is 4.50. The average Bonchev–Trinajstić information content (AvgIpc) is 2.13. The molecule has 0 spiro atoms. The zero-order chi connectivity index (χ0) is 14.3. The molecule has 0 aromatic rings. The number of halogens is 3. The minimum atomic E-state index is -4.60. The first-order chi connectivity index (χ1) is 8.11. The molecule has 0 saturated heterocycles. The highest BCUT2D eigenvalue weighted by Gasteiger charge is 2.28. The zero-order valence-electron chi connectivity index (χ0n) is 8.86. The molecule has 0 rings (SSSR count). The number of ether oxygens (including phenoxy) is 1. The van der Waals surface area contributed by atoms with E-state index in [1.165, 1.54) is 0 Å². The van der Waals surface area contributed by atoms with Crippen LogP contribution in [-0.2, 0) is 19.1 Å². The highest BCUT2D eigenvalue weighted by atomic mass is 19.4. The molecule has 3 N–H and O–H groups in total. The Morgan fingerprint density at radius 2 is 1.78 bits per heavy atom. The molecule has 0 heterocycles. The molecule has 0 bridgehead atoms. The van der Waals surface area contributed by atoms with Gasteiger partial charge in [-0.25, -0.2) is 4.79 Å². The van der Waals surface area contributed by atoms with Gasteiger partial charge in [0.05, 0.1) is 6.42 Å². The third-order valence-corrected chi connectivity index (χ3v) is 1.51. The van der Waals surface area contributed by atoms with Crippen molar-refractivity contribution in [3.05, 3.63) is 0 Å². The number of amides is 1. The predicted molar refractivity (Wildman–Crippen MR) is 48.7 cm³/mol. The minimum absolute atomic E-state index is 0.889. The summed E-state index contributed by atoms with van der Waals surface area (Å²) in [6.45, 7) is -2.67. The fraction of sp³-hybridized carbons (Fsp3) is 0.625. The summed E-state index contributed by atoms with van der Waals surface area (Å²) in [5.41, 5.74) is 0. The van der Waals surface area contributed by atoms with Crippen LogP contribution < -0.4 is 5.32 Å². The van der Waals surface area contributed by atoms with E-state index in [-0.39, 0.29) is 0 Å². The molecule has 0 aliphatic rings. The summed E-state index contributed by atoms with van der Waals surface area (Å²) >= 11 is 0. The molecule has 0 aliphatic heterocycles. The summed E-state index contributed by atoms with van der Waals surface area (Å²) in [4.78, 5) is 31.7. The Morgan fingerprint density at radius 3 is 2.17 bits per heavy atom. The van der Waals surface area contributed by atoms with Gasteiger partial charge < -0.3 is 20.3 Å². The molecular formula is C8H10F3NO6. The molecule has 10 heteroatoms. The predicted octanol–water partition coefficient (Wildman–Crippen LogP) is -0.391. The van der Waals surface area contributed by atoms with Crippen molar-refractivity contribution in [3.63, 3.8) is 0 Å². The van der Waals surface area contributed by atoms with Crippen LogP contribution in [0.2, 0.25) is 0 Å². The van der Waals surface area contributed by atoms with Gasteiger partial charge in [-0.3, -0.25) is 9.59 Å². The van der Waals surface area contributed by atoms with Crippen molar-refractivity contribution in [2.24, 2.45) is 0 Å². The molecule has 0 aromatic carbocycles. The number of carbonyl (C=O) groups is 3. The van der Waals surface area contributed by atoms with Crippen molar-refractivity contribution >= 4 is 17.8 Å². The van der Waals surface area contributed by atoms with E-state index in [4.69, 9.17) is 10.2 Å². The lowest BCUT2D eigenvalue weighted by atomic mass is 10.2. The van der Waals surface area contributed by atoms with Crippen molar-refractivity contribution in [3.8, 4) is 0 Å². The molecule has 0 radical (unpaired) electrons. The number of hydrogen-bond acceptors (Lipinski definition) is 4. The largest absolute Gasteiger partial charge is 0.481 e. The van der Waals surface area contributed by atoms with Crippen molar-refractivity contribution in [1.82, 2.24) is 5.32 Å². The first kappa shape index (κ1) is 16.2. The van der Waals surface area contributed by atoms with Gasteiger partial charge >= 0.3 is 18.1 Å². The highest BCUT2D eigenvalue weighted by Crippen LogP contribution is 2.14. The van der Waals surface area contributed by atoms with E-state index in [0.29, 0.717) is 0 Å². The van der Waals surface area contributed by atoms with Gasteiger partial charge in [-0.1, -0.05) is 0 Å². The fourth-order valence-corrected chi connectivity index (χ4v) is 0.870. The van der Waals surface area contributed by atoms with Crippen molar-refractivity contribution < 1.29 is 42.5 Å². The molecular weight excluding hydrogens is 263 g/mol. The van der Waals surface area contributed by atoms with Crippen LogP contribution in [0.5, 0.6) is 0 Å². The van der Waals surface area contributed by atoms with Gasteiger partial charge in [-0.05, 0) is 0 Å². The third kappa shape index (κ3) is 8.33. The Balaban J connectivity index is 4.11. The Kier molecular flexibility index (Phi) is 6.09. The van der Waals surface area contributed by atoms with Gasteiger partial charge in [-0.2, -0.15) is 13.2 Å². The van der Waals surface area contributed by atoms with Crippen LogP contribution in [0.25, 0.3) is 0 Å². The molecule has 1 amide bonds. The lowest BCUT2D eigenvalue weighted by Gasteiger charge is -2.12. The van der Waals surface area contributed by atoms with Crippen LogP contribution in [0.3, 0.4) is 0 Å². The van der Waals surface area contributed by atoms with Crippen molar-refractivity contribution in [2.45, 2.75) is 18.6 Å². The maximum atomic E-state index is 11.6. The summed E-state index contributed by atoms with van der Waals surface area (Å²) in [5.74, 6) is -4.23. The molecule has 1 atom stereocenters. The Morgan fingerprint density at radius 1 is 1.22 bits per heavy atom. The summed E-state index contributed by atoms with van der Waals surface area (Å²) < 4.78 is 38.9. The van der Waals surface area contributed by atoms with Gasteiger partial charge in [0.2, 0.25) is 5.91 Å². The maximum absolute atomic E-state index is 11.6. The van der Waals surface area contributed by atoms with E-state index in [9.17, 15) is 27.6 Å². The lowest BCUT2D eigenvalue weighted by Crippen LogP contribution is -2.44. The second-order valence-corrected chi connectivity index (χ2v) is 3.16. The van der Waals surface area contributed by atoms with Gasteiger partial charge in [0, 0.05) is 0 Å². The van der Waals surface area contributed by atoms with Gasteiger partial charge in [0.15, 0.2) is 0 Å². The van der Waals surface area contributed by atoms with E-state index in [1.807, 2.05) is 0 Å². The van der Waals surface area contributed by atoms with Crippen LogP contribution in [0.15, 0.2) is 0 Å². The second-order valence-electron chi connectivity index (χ2n) is 3.16. The zero-order valence-corrected chi connectivity index (χ0v) is 8.86. The first-order valence-corrected chi connectivity index (χ1v) is 4.50. The second kappa shape index (κ2) is 6.79. The number of nitrogens with one attached hydrogen (secondary N) is 1. The number of alkyl halides is 3. The van der Waals surface area contributed by atoms with Crippen LogP contribution in [-0.4, -0.2) is 53.5 Å². The van der Waals surface area contributed by atoms with Crippen molar-refractivity contribution in [2.75, 3.05) is 13.2 Å². The van der Waals surface area contributed by atoms with E-state index in [1.54, 1.807) is 5.32 Å². The van der Waals surface area contributed by atoms with Gasteiger partial charge in [0.25, 0.3) is 0 Å². The van der Waals surface area contributed by atoms with Crippen LogP contribution >= 0.6 is 0 Å². The number of aliphatic carboxylic acids is 2. The molecule has 0 saturated carbocycles. The normalized spacial score (nSPS) is 12.8. The summed E-state index contributed by atoms with van der Waals surface area (Å²) in [6, 6.07) is -1.72. The smallest absolute Gasteiger partial charge is 0.411 e.